The fourth-order valence-electron chi connectivity index (χ4n) is 2.24. The van der Waals surface area contributed by atoms with Crippen LogP contribution in [0.1, 0.15) is 9.75 Å². The van der Waals surface area contributed by atoms with Crippen molar-refractivity contribution in [3.8, 4) is 0 Å². The molecule has 0 spiro atoms. The van der Waals surface area contributed by atoms with Gasteiger partial charge in [-0.1, -0.05) is 41.4 Å². The minimum Gasteiger partial charge on any atom is -0.207 e. The van der Waals surface area contributed by atoms with Gasteiger partial charge in [0.2, 0.25) is 10.0 Å². The SMILES string of the molecule is O=S(=O)(c1c(Cl)cccc1Cl)N(Cc1cccs1)Cc1cccs1. The van der Waals surface area contributed by atoms with Crippen molar-refractivity contribution in [2.45, 2.75) is 18.0 Å². The fourth-order valence-corrected chi connectivity index (χ4v) is 6.33. The highest BCUT2D eigenvalue weighted by Gasteiger charge is 2.30. The molecule has 3 nitrogen and oxygen atoms in total. The Morgan fingerprint density at radius 1 is 0.833 bits per heavy atom. The summed E-state index contributed by atoms with van der Waals surface area (Å²) in [6, 6.07) is 12.3. The molecule has 2 heterocycles. The Labute approximate surface area is 159 Å². The highest BCUT2D eigenvalue weighted by molar-refractivity contribution is 7.89. The lowest BCUT2D eigenvalue weighted by Crippen LogP contribution is -2.30. The van der Waals surface area contributed by atoms with Gasteiger partial charge in [0.05, 0.1) is 10.0 Å². The van der Waals surface area contributed by atoms with E-state index in [1.165, 1.54) is 39.1 Å². The van der Waals surface area contributed by atoms with Gasteiger partial charge >= 0.3 is 0 Å². The third kappa shape index (κ3) is 3.85. The lowest BCUT2D eigenvalue weighted by molar-refractivity contribution is 0.407. The summed E-state index contributed by atoms with van der Waals surface area (Å²) in [5, 5.41) is 4.11. The molecular formula is C16H13Cl2NO2S3. The van der Waals surface area contributed by atoms with E-state index >= 15 is 0 Å². The second-order valence-electron chi connectivity index (χ2n) is 4.98. The zero-order valence-electron chi connectivity index (χ0n) is 12.4. The van der Waals surface area contributed by atoms with Crippen molar-refractivity contribution in [2.75, 3.05) is 0 Å². The van der Waals surface area contributed by atoms with Crippen LogP contribution in [0.5, 0.6) is 0 Å². The average Bonchev–Trinajstić information content (AvgIpc) is 3.19. The summed E-state index contributed by atoms with van der Waals surface area (Å²) >= 11 is 15.3. The molecule has 0 aliphatic heterocycles. The summed E-state index contributed by atoms with van der Waals surface area (Å²) in [7, 11) is -3.83. The van der Waals surface area contributed by atoms with Crippen LogP contribution in [0.2, 0.25) is 10.0 Å². The topological polar surface area (TPSA) is 37.4 Å². The van der Waals surface area contributed by atoms with E-state index in [1.807, 2.05) is 35.0 Å². The van der Waals surface area contributed by atoms with Crippen molar-refractivity contribution >= 4 is 55.9 Å². The van der Waals surface area contributed by atoms with E-state index in [0.717, 1.165) is 9.75 Å². The van der Waals surface area contributed by atoms with E-state index in [0.29, 0.717) is 0 Å². The molecule has 24 heavy (non-hydrogen) atoms. The molecule has 0 amide bonds. The van der Waals surface area contributed by atoms with Crippen LogP contribution in [0, 0.1) is 0 Å². The second-order valence-corrected chi connectivity index (χ2v) is 9.74. The molecule has 0 radical (unpaired) electrons. The smallest absolute Gasteiger partial charge is 0.207 e. The van der Waals surface area contributed by atoms with Gasteiger partial charge in [-0.05, 0) is 35.0 Å². The first-order chi connectivity index (χ1) is 11.5. The highest BCUT2D eigenvalue weighted by atomic mass is 35.5. The van der Waals surface area contributed by atoms with Crippen LogP contribution in [-0.2, 0) is 23.1 Å². The number of rotatable bonds is 6. The van der Waals surface area contributed by atoms with Gasteiger partial charge in [-0.15, -0.1) is 22.7 Å². The maximum atomic E-state index is 13.2. The molecule has 8 heteroatoms. The van der Waals surface area contributed by atoms with Gasteiger partial charge in [0.25, 0.3) is 0 Å². The summed E-state index contributed by atoms with van der Waals surface area (Å²) in [6.45, 7) is 0.554. The zero-order valence-corrected chi connectivity index (χ0v) is 16.3. The summed E-state index contributed by atoms with van der Waals surface area (Å²) in [5.41, 5.74) is 0. The molecule has 3 rings (SSSR count). The van der Waals surface area contributed by atoms with Gasteiger partial charge in [-0.2, -0.15) is 4.31 Å². The lowest BCUT2D eigenvalue weighted by atomic mass is 10.4. The lowest BCUT2D eigenvalue weighted by Gasteiger charge is -2.22. The number of thiophene rings is 2. The molecule has 0 saturated carbocycles. The zero-order chi connectivity index (χ0) is 17.2. The molecule has 0 fully saturated rings. The predicted molar refractivity (Wildman–Crippen MR) is 102 cm³/mol. The van der Waals surface area contributed by atoms with E-state index in [2.05, 4.69) is 0 Å². The molecule has 0 unspecified atom stereocenters. The van der Waals surface area contributed by atoms with Gasteiger partial charge in [0, 0.05) is 22.8 Å². The predicted octanol–water partition coefficient (Wildman–Crippen LogP) is 5.51. The molecule has 0 saturated heterocycles. The molecule has 0 bridgehead atoms. The minimum atomic E-state index is -3.83. The quantitative estimate of drug-likeness (QED) is 0.530. The van der Waals surface area contributed by atoms with E-state index in [-0.39, 0.29) is 28.0 Å². The third-order valence-electron chi connectivity index (χ3n) is 3.34. The summed E-state index contributed by atoms with van der Waals surface area (Å²) < 4.78 is 27.8. The van der Waals surface area contributed by atoms with Gasteiger partial charge < -0.3 is 0 Å². The first-order valence-electron chi connectivity index (χ1n) is 6.97. The molecule has 2 aromatic heterocycles. The van der Waals surface area contributed by atoms with Crippen LogP contribution < -0.4 is 0 Å². The van der Waals surface area contributed by atoms with Crippen LogP contribution in [0.3, 0.4) is 0 Å². The first-order valence-corrected chi connectivity index (χ1v) is 10.9. The van der Waals surface area contributed by atoms with Crippen molar-refractivity contribution in [1.29, 1.82) is 0 Å². The summed E-state index contributed by atoms with van der Waals surface area (Å²) in [4.78, 5) is 1.87. The Morgan fingerprint density at radius 3 is 1.75 bits per heavy atom. The van der Waals surface area contributed by atoms with Gasteiger partial charge in [0.1, 0.15) is 4.90 Å². The maximum absolute atomic E-state index is 13.2. The molecule has 0 N–H and O–H groups in total. The van der Waals surface area contributed by atoms with E-state index in [9.17, 15) is 8.42 Å². The van der Waals surface area contributed by atoms with Crippen molar-refractivity contribution in [3.63, 3.8) is 0 Å². The van der Waals surface area contributed by atoms with Crippen LogP contribution in [0.25, 0.3) is 0 Å². The number of nitrogens with zero attached hydrogens (tertiary/aromatic N) is 1. The standard InChI is InChI=1S/C16H13Cl2NO2S3/c17-14-6-1-7-15(18)16(14)24(20,21)19(10-12-4-2-8-22-12)11-13-5-3-9-23-13/h1-9H,10-11H2. The molecule has 126 valence electrons. The molecule has 1 aromatic carbocycles. The first kappa shape index (κ1) is 17.9. The Balaban J connectivity index is 2.02. The Morgan fingerprint density at radius 2 is 1.33 bits per heavy atom. The van der Waals surface area contributed by atoms with Crippen LogP contribution in [-0.4, -0.2) is 12.7 Å². The second kappa shape index (κ2) is 7.56. The van der Waals surface area contributed by atoms with Crippen molar-refractivity contribution in [1.82, 2.24) is 4.31 Å². The third-order valence-corrected chi connectivity index (χ3v) is 7.81. The van der Waals surface area contributed by atoms with Crippen LogP contribution >= 0.6 is 45.9 Å². The summed E-state index contributed by atoms with van der Waals surface area (Å²) in [6.07, 6.45) is 0. The Bertz CT molecular complexity index is 850. The van der Waals surface area contributed by atoms with Gasteiger partial charge in [0.15, 0.2) is 0 Å². The van der Waals surface area contributed by atoms with Gasteiger partial charge in [-0.3, -0.25) is 0 Å². The average molecular weight is 418 g/mol. The fraction of sp³-hybridized carbons (Fsp3) is 0.125. The van der Waals surface area contributed by atoms with E-state index in [4.69, 9.17) is 23.2 Å². The number of hydrogen-bond donors (Lipinski definition) is 0. The largest absolute Gasteiger partial charge is 0.246 e. The van der Waals surface area contributed by atoms with Crippen molar-refractivity contribution in [2.24, 2.45) is 0 Å². The highest BCUT2D eigenvalue weighted by Crippen LogP contribution is 2.33. The number of benzene rings is 1. The number of halogens is 2. The van der Waals surface area contributed by atoms with Crippen LogP contribution in [0.4, 0.5) is 0 Å². The minimum absolute atomic E-state index is 0.0403. The van der Waals surface area contributed by atoms with Gasteiger partial charge in [-0.25, -0.2) is 8.42 Å². The molecule has 0 atom stereocenters. The van der Waals surface area contributed by atoms with E-state index < -0.39 is 10.0 Å². The van der Waals surface area contributed by atoms with E-state index in [1.54, 1.807) is 6.07 Å². The monoisotopic (exact) mass is 417 g/mol. The molecule has 3 aromatic rings. The van der Waals surface area contributed by atoms with Crippen molar-refractivity contribution < 1.29 is 8.42 Å². The van der Waals surface area contributed by atoms with Crippen molar-refractivity contribution in [3.05, 3.63) is 73.0 Å². The molecule has 0 aliphatic rings. The normalized spacial score (nSPS) is 12.0. The molecule has 0 aliphatic carbocycles. The Hall–Kier alpha value is -0.890. The summed E-state index contributed by atoms with van der Waals surface area (Å²) in [5.74, 6) is 0. The number of sulfonamides is 1. The van der Waals surface area contributed by atoms with Crippen LogP contribution in [0.15, 0.2) is 58.1 Å². The Kier molecular flexibility index (Phi) is 5.64. The molecular weight excluding hydrogens is 405 g/mol. The number of hydrogen-bond acceptors (Lipinski definition) is 4. The maximum Gasteiger partial charge on any atom is 0.246 e.